The number of thiazole rings is 1. The fraction of sp³-hybridized carbons (Fsp3) is 0.219. The number of halogens is 2. The van der Waals surface area contributed by atoms with Gasteiger partial charge in [0.2, 0.25) is 15.2 Å². The first kappa shape index (κ1) is 30.8. The number of thiophene rings is 1. The van der Waals surface area contributed by atoms with Crippen LogP contribution in [0.5, 0.6) is 0 Å². The van der Waals surface area contributed by atoms with E-state index >= 15 is 0 Å². The fourth-order valence-corrected chi connectivity index (χ4v) is 7.10. The molecule has 5 aromatic rings. The number of carboxylic acids is 1. The molecule has 1 aliphatic rings. The van der Waals surface area contributed by atoms with Crippen LogP contribution in [-0.4, -0.2) is 34.3 Å². The number of hydrogen-bond acceptors (Lipinski definition) is 7. The number of hydrogen-bond donors (Lipinski definition) is 2. The average molecular weight is 665 g/mol. The van der Waals surface area contributed by atoms with E-state index in [1.54, 1.807) is 16.8 Å². The zero-order valence-corrected chi connectivity index (χ0v) is 26.3. The summed E-state index contributed by atoms with van der Waals surface area (Å²) in [5.74, 6) is 3.85. The number of carbonyl (C=O) groups is 1. The number of aromatic nitrogens is 3. The van der Waals surface area contributed by atoms with Crippen LogP contribution in [0.1, 0.15) is 61.9 Å². The second kappa shape index (κ2) is 12.3. The minimum absolute atomic E-state index is 0.120. The Bertz CT molecular complexity index is 2120. The van der Waals surface area contributed by atoms with Crippen LogP contribution in [-0.2, 0) is 22.9 Å². The van der Waals surface area contributed by atoms with Gasteiger partial charge in [-0.3, -0.25) is 0 Å². The van der Waals surface area contributed by atoms with Gasteiger partial charge in [0.25, 0.3) is 0 Å². The van der Waals surface area contributed by atoms with Gasteiger partial charge in [-0.15, -0.1) is 22.7 Å². The molecule has 0 spiro atoms. The van der Waals surface area contributed by atoms with Crippen LogP contribution in [0.15, 0.2) is 58.8 Å². The van der Waals surface area contributed by atoms with Gasteiger partial charge in [-0.2, -0.15) is 5.10 Å². The molecule has 0 atom stereocenters. The molecule has 3 heterocycles. The molecule has 0 aliphatic heterocycles. The summed E-state index contributed by atoms with van der Waals surface area (Å²) in [5, 5.41) is 21.3. The van der Waals surface area contributed by atoms with E-state index in [0.717, 1.165) is 58.2 Å². The molecule has 2 aromatic carbocycles. The minimum atomic E-state index is -4.26. The Morgan fingerprint density at radius 2 is 1.91 bits per heavy atom. The van der Waals surface area contributed by atoms with Gasteiger partial charge in [-0.25, -0.2) is 36.8 Å². The van der Waals surface area contributed by atoms with E-state index in [1.807, 2.05) is 19.1 Å². The standard InChI is InChI=1S/C32H26F2N4O4S3/c1-18-2-9-23(44-18)10-7-21-16-22(8-11-25(21)33)30-24(14-20-6-13-29(26(34)15-20)45(35,41)42)28(12-5-19-3-4-19)38(37-30)32-36-27(17-43-32)31(39)40/h2,6,8-9,11,13,15-17,19H,3-5,12,14H2,1H3,(H,39,40)(H2,35,41,42). The summed E-state index contributed by atoms with van der Waals surface area (Å²) >= 11 is 2.63. The highest BCUT2D eigenvalue weighted by molar-refractivity contribution is 7.89. The molecule has 0 saturated heterocycles. The number of primary sulfonamides is 1. The van der Waals surface area contributed by atoms with Crippen molar-refractivity contribution in [2.75, 3.05) is 0 Å². The van der Waals surface area contributed by atoms with Gasteiger partial charge in [0.15, 0.2) is 5.69 Å². The summed E-state index contributed by atoms with van der Waals surface area (Å²) in [5.41, 5.74) is 3.00. The highest BCUT2D eigenvalue weighted by Gasteiger charge is 2.27. The molecule has 0 amide bonds. The van der Waals surface area contributed by atoms with Crippen LogP contribution in [0.4, 0.5) is 8.78 Å². The predicted molar refractivity (Wildman–Crippen MR) is 168 cm³/mol. The molecule has 1 aliphatic carbocycles. The van der Waals surface area contributed by atoms with Gasteiger partial charge in [-0.05, 0) is 73.7 Å². The van der Waals surface area contributed by atoms with Crippen LogP contribution in [0.3, 0.4) is 0 Å². The van der Waals surface area contributed by atoms with Crippen LogP contribution >= 0.6 is 22.7 Å². The third-order valence-corrected chi connectivity index (χ3v) is 10.1. The van der Waals surface area contributed by atoms with Crippen molar-refractivity contribution in [1.82, 2.24) is 14.8 Å². The smallest absolute Gasteiger partial charge is 0.355 e. The molecule has 13 heteroatoms. The number of rotatable bonds is 9. The van der Waals surface area contributed by atoms with Gasteiger partial charge in [0.1, 0.15) is 16.5 Å². The molecule has 8 nitrogen and oxygen atoms in total. The van der Waals surface area contributed by atoms with Crippen LogP contribution in [0.2, 0.25) is 0 Å². The summed E-state index contributed by atoms with van der Waals surface area (Å²) in [6.07, 6.45) is 3.81. The SMILES string of the molecule is Cc1ccc(C#Cc2cc(-c3nn(-c4nc(C(=O)O)cs4)c(CCC4CC4)c3Cc3ccc(S(N)(=O)=O)c(F)c3)ccc2F)s1. The van der Waals surface area contributed by atoms with E-state index in [2.05, 4.69) is 16.8 Å². The maximum absolute atomic E-state index is 15.0. The Morgan fingerprint density at radius 3 is 2.56 bits per heavy atom. The molecule has 0 radical (unpaired) electrons. The van der Waals surface area contributed by atoms with Crippen molar-refractivity contribution in [2.45, 2.75) is 43.9 Å². The zero-order chi connectivity index (χ0) is 31.9. The molecule has 3 aromatic heterocycles. The third kappa shape index (κ3) is 6.89. The largest absolute Gasteiger partial charge is 0.476 e. The maximum Gasteiger partial charge on any atom is 0.355 e. The normalized spacial score (nSPS) is 13.1. The van der Waals surface area contributed by atoms with Gasteiger partial charge >= 0.3 is 5.97 Å². The second-order valence-corrected chi connectivity index (χ2v) is 14.5. The Balaban J connectivity index is 1.51. The number of sulfonamides is 1. The molecule has 0 unspecified atom stereocenters. The molecular formula is C32H26F2N4O4S3. The lowest BCUT2D eigenvalue weighted by molar-refractivity contribution is 0.0691. The summed E-state index contributed by atoms with van der Waals surface area (Å²) in [6, 6.07) is 12.1. The molecule has 1 fully saturated rings. The van der Waals surface area contributed by atoms with Crippen molar-refractivity contribution in [1.29, 1.82) is 0 Å². The van der Waals surface area contributed by atoms with Crippen molar-refractivity contribution in [3.05, 3.63) is 103 Å². The Hall–Kier alpha value is -4.22. The lowest BCUT2D eigenvalue weighted by Crippen LogP contribution is -2.14. The number of nitrogens with zero attached hydrogens (tertiary/aromatic N) is 3. The van der Waals surface area contributed by atoms with Gasteiger partial charge in [0, 0.05) is 27.8 Å². The Kier molecular flexibility index (Phi) is 8.41. The lowest BCUT2D eigenvalue weighted by atomic mass is 9.96. The topological polar surface area (TPSA) is 128 Å². The fourth-order valence-electron chi connectivity index (χ4n) is 5.01. The van der Waals surface area contributed by atoms with E-state index in [1.165, 1.54) is 28.8 Å². The van der Waals surface area contributed by atoms with E-state index in [4.69, 9.17) is 10.2 Å². The Labute approximate surface area is 266 Å². The van der Waals surface area contributed by atoms with E-state index in [0.29, 0.717) is 39.9 Å². The molecule has 6 rings (SSSR count). The van der Waals surface area contributed by atoms with Crippen LogP contribution in [0.25, 0.3) is 16.4 Å². The highest BCUT2D eigenvalue weighted by Crippen LogP contribution is 2.37. The monoisotopic (exact) mass is 664 g/mol. The predicted octanol–water partition coefficient (Wildman–Crippen LogP) is 6.32. The van der Waals surface area contributed by atoms with E-state index in [-0.39, 0.29) is 17.7 Å². The number of aryl methyl sites for hydroxylation is 1. The van der Waals surface area contributed by atoms with Gasteiger partial charge < -0.3 is 5.11 Å². The average Bonchev–Trinajstić information content (AvgIpc) is 3.33. The summed E-state index contributed by atoms with van der Waals surface area (Å²) in [6.45, 7) is 1.96. The van der Waals surface area contributed by atoms with Crippen LogP contribution < -0.4 is 5.14 Å². The van der Waals surface area contributed by atoms with E-state index < -0.39 is 32.5 Å². The summed E-state index contributed by atoms with van der Waals surface area (Å²) < 4.78 is 55.1. The first-order valence-corrected chi connectivity index (χ1v) is 17.2. The summed E-state index contributed by atoms with van der Waals surface area (Å²) in [4.78, 5) is 17.2. The second-order valence-electron chi connectivity index (χ2n) is 10.8. The molecule has 0 bridgehead atoms. The number of aromatic carboxylic acids is 1. The lowest BCUT2D eigenvalue weighted by Gasteiger charge is -2.10. The first-order chi connectivity index (χ1) is 21.5. The molecule has 230 valence electrons. The third-order valence-electron chi connectivity index (χ3n) is 7.45. The van der Waals surface area contributed by atoms with Gasteiger partial charge in [-0.1, -0.05) is 30.7 Å². The van der Waals surface area contributed by atoms with E-state index in [9.17, 15) is 27.1 Å². The number of nitrogens with two attached hydrogens (primary N) is 1. The molecule has 3 N–H and O–H groups in total. The maximum atomic E-state index is 15.0. The summed E-state index contributed by atoms with van der Waals surface area (Å²) in [7, 11) is -4.26. The molecular weight excluding hydrogens is 639 g/mol. The first-order valence-electron chi connectivity index (χ1n) is 14.0. The number of carboxylic acid groups (broad SMARTS) is 1. The molecule has 1 saturated carbocycles. The van der Waals surface area contributed by atoms with Crippen molar-refractivity contribution < 1.29 is 27.1 Å². The van der Waals surface area contributed by atoms with Crippen molar-refractivity contribution in [2.24, 2.45) is 11.1 Å². The van der Waals surface area contributed by atoms with Gasteiger partial charge in [0.05, 0.1) is 21.8 Å². The zero-order valence-electron chi connectivity index (χ0n) is 23.9. The number of benzene rings is 2. The highest BCUT2D eigenvalue weighted by atomic mass is 32.2. The quantitative estimate of drug-likeness (QED) is 0.178. The molecule has 45 heavy (non-hydrogen) atoms. The minimum Gasteiger partial charge on any atom is -0.476 e. The van der Waals surface area contributed by atoms with Crippen molar-refractivity contribution in [3.63, 3.8) is 0 Å². The van der Waals surface area contributed by atoms with Crippen molar-refractivity contribution in [3.8, 4) is 28.2 Å². The van der Waals surface area contributed by atoms with Crippen LogP contribution in [0, 0.1) is 36.3 Å². The Morgan fingerprint density at radius 1 is 1.11 bits per heavy atom. The van der Waals surface area contributed by atoms with Crippen molar-refractivity contribution >= 4 is 38.7 Å².